The van der Waals surface area contributed by atoms with E-state index >= 15 is 0 Å². The number of nitrogens with zero attached hydrogens (tertiary/aromatic N) is 1. The van der Waals surface area contributed by atoms with Crippen LogP contribution in [0.5, 0.6) is 5.75 Å². The first-order valence-corrected chi connectivity index (χ1v) is 7.96. The summed E-state index contributed by atoms with van der Waals surface area (Å²) in [5.74, 6) is 0.371. The lowest BCUT2D eigenvalue weighted by Gasteiger charge is -2.23. The number of aromatic nitrogens is 1. The van der Waals surface area contributed by atoms with Gasteiger partial charge in [0, 0.05) is 23.5 Å². The van der Waals surface area contributed by atoms with Crippen molar-refractivity contribution in [3.63, 3.8) is 0 Å². The SMILES string of the molecule is COS(=O)(=O)[O-].C[N+](C)(C)CCc1c[nH]c2cccc(O)c12. The molecule has 0 unspecified atom stereocenters. The molecule has 0 spiro atoms. The van der Waals surface area contributed by atoms with E-state index in [2.05, 4.69) is 30.3 Å². The molecule has 1 heterocycles. The predicted octanol–water partition coefficient (Wildman–Crippen LogP) is 1.22. The summed E-state index contributed by atoms with van der Waals surface area (Å²) < 4.78 is 32.0. The molecule has 0 fully saturated rings. The summed E-state index contributed by atoms with van der Waals surface area (Å²) in [5.41, 5.74) is 2.21. The summed E-state index contributed by atoms with van der Waals surface area (Å²) in [6, 6.07) is 5.59. The van der Waals surface area contributed by atoms with Crippen LogP contribution in [0.2, 0.25) is 0 Å². The smallest absolute Gasteiger partial charge is 0.217 e. The Kier molecular flexibility index (Phi) is 5.95. The molecule has 22 heavy (non-hydrogen) atoms. The van der Waals surface area contributed by atoms with Gasteiger partial charge in [0.2, 0.25) is 10.4 Å². The number of rotatable bonds is 4. The van der Waals surface area contributed by atoms with Gasteiger partial charge in [0.1, 0.15) is 5.75 Å². The molecule has 124 valence electrons. The maximum Gasteiger partial charge on any atom is 0.217 e. The van der Waals surface area contributed by atoms with E-state index in [9.17, 15) is 18.1 Å². The third-order valence-corrected chi connectivity index (χ3v) is 3.43. The Morgan fingerprint density at radius 2 is 1.91 bits per heavy atom. The molecule has 0 bridgehead atoms. The first-order chi connectivity index (χ1) is 10.0. The Morgan fingerprint density at radius 3 is 2.41 bits per heavy atom. The van der Waals surface area contributed by atoms with Gasteiger partial charge in [-0.1, -0.05) is 6.07 Å². The Balaban J connectivity index is 0.000000346. The molecule has 1 aromatic heterocycles. The molecular formula is C14H22N2O5S. The second-order valence-corrected chi connectivity index (χ2v) is 7.00. The van der Waals surface area contributed by atoms with E-state index in [1.165, 1.54) is 5.56 Å². The number of hydrogen-bond donors (Lipinski definition) is 2. The van der Waals surface area contributed by atoms with Crippen LogP contribution in [0, 0.1) is 0 Å². The molecule has 0 saturated carbocycles. The van der Waals surface area contributed by atoms with Crippen molar-refractivity contribution in [2.45, 2.75) is 6.42 Å². The number of phenols is 1. The van der Waals surface area contributed by atoms with Crippen LogP contribution in [0.3, 0.4) is 0 Å². The van der Waals surface area contributed by atoms with Crippen molar-refractivity contribution in [3.05, 3.63) is 30.0 Å². The van der Waals surface area contributed by atoms with Crippen LogP contribution in [0.1, 0.15) is 5.56 Å². The molecule has 0 atom stereocenters. The molecule has 2 rings (SSSR count). The third-order valence-electron chi connectivity index (χ3n) is 3.02. The molecule has 0 saturated heterocycles. The van der Waals surface area contributed by atoms with Crippen molar-refractivity contribution in [2.75, 3.05) is 34.8 Å². The molecule has 7 nitrogen and oxygen atoms in total. The number of benzene rings is 1. The van der Waals surface area contributed by atoms with Gasteiger partial charge in [0.05, 0.1) is 34.8 Å². The van der Waals surface area contributed by atoms with Crippen LogP contribution in [0.15, 0.2) is 24.4 Å². The number of aromatic amines is 1. The minimum atomic E-state index is -4.41. The number of hydrogen-bond acceptors (Lipinski definition) is 5. The largest absolute Gasteiger partial charge is 0.726 e. The number of phenolic OH excluding ortho intramolecular Hbond substituents is 1. The summed E-state index contributed by atoms with van der Waals surface area (Å²) in [4.78, 5) is 3.20. The topological polar surface area (TPSA) is 102 Å². The van der Waals surface area contributed by atoms with Crippen molar-refractivity contribution in [1.82, 2.24) is 4.98 Å². The molecule has 0 aliphatic heterocycles. The van der Waals surface area contributed by atoms with E-state index in [-0.39, 0.29) is 0 Å². The van der Waals surface area contributed by atoms with E-state index in [0.717, 1.165) is 35.5 Å². The van der Waals surface area contributed by atoms with Gasteiger partial charge < -0.3 is 19.1 Å². The number of nitrogens with one attached hydrogen (secondary N) is 1. The number of quaternary nitrogens is 1. The lowest BCUT2D eigenvalue weighted by Crippen LogP contribution is -2.36. The van der Waals surface area contributed by atoms with E-state index in [4.69, 9.17) is 0 Å². The van der Waals surface area contributed by atoms with Gasteiger partial charge in [-0.25, -0.2) is 8.42 Å². The fraction of sp³-hybridized carbons (Fsp3) is 0.429. The van der Waals surface area contributed by atoms with Crippen LogP contribution in [-0.4, -0.2) is 62.3 Å². The predicted molar refractivity (Wildman–Crippen MR) is 83.3 cm³/mol. The van der Waals surface area contributed by atoms with Gasteiger partial charge in [-0.3, -0.25) is 4.18 Å². The summed E-state index contributed by atoms with van der Waals surface area (Å²) >= 11 is 0. The zero-order valence-corrected chi connectivity index (χ0v) is 14.0. The average molecular weight is 330 g/mol. The maximum atomic E-state index is 9.85. The Labute approximate surface area is 130 Å². The van der Waals surface area contributed by atoms with Crippen LogP contribution >= 0.6 is 0 Å². The van der Waals surface area contributed by atoms with Crippen LogP contribution in [0.4, 0.5) is 0 Å². The minimum Gasteiger partial charge on any atom is -0.726 e. The Hall–Kier alpha value is -1.61. The monoisotopic (exact) mass is 330 g/mol. The van der Waals surface area contributed by atoms with Gasteiger partial charge in [-0.15, -0.1) is 0 Å². The highest BCUT2D eigenvalue weighted by Gasteiger charge is 2.12. The first-order valence-electron chi connectivity index (χ1n) is 6.63. The van der Waals surface area contributed by atoms with Crippen molar-refractivity contribution >= 4 is 21.3 Å². The molecule has 0 aliphatic carbocycles. The van der Waals surface area contributed by atoms with Gasteiger partial charge in [-0.2, -0.15) is 0 Å². The lowest BCUT2D eigenvalue weighted by atomic mass is 10.1. The van der Waals surface area contributed by atoms with Crippen molar-refractivity contribution in [1.29, 1.82) is 0 Å². The number of H-pyrrole nitrogens is 1. The van der Waals surface area contributed by atoms with Gasteiger partial charge in [0.15, 0.2) is 0 Å². The van der Waals surface area contributed by atoms with Gasteiger partial charge in [-0.05, 0) is 17.7 Å². The fourth-order valence-corrected chi connectivity index (χ4v) is 1.89. The highest BCUT2D eigenvalue weighted by molar-refractivity contribution is 7.80. The average Bonchev–Trinajstić information content (AvgIpc) is 2.80. The lowest BCUT2D eigenvalue weighted by molar-refractivity contribution is -0.870. The van der Waals surface area contributed by atoms with Gasteiger partial charge in [0.25, 0.3) is 0 Å². The summed E-state index contributed by atoms with van der Waals surface area (Å²) in [7, 11) is 2.92. The third kappa shape index (κ3) is 6.02. The molecule has 0 amide bonds. The van der Waals surface area contributed by atoms with E-state index in [1.54, 1.807) is 6.07 Å². The minimum absolute atomic E-state index is 0.371. The zero-order chi connectivity index (χ0) is 17.0. The van der Waals surface area contributed by atoms with Crippen molar-refractivity contribution in [2.24, 2.45) is 0 Å². The number of likely N-dealkylation sites (N-methyl/N-ethyl adjacent to an activating group) is 1. The molecule has 2 aromatic rings. The second-order valence-electron chi connectivity index (χ2n) is 5.85. The highest BCUT2D eigenvalue weighted by atomic mass is 32.3. The van der Waals surface area contributed by atoms with Crippen LogP contribution in [-0.2, 0) is 21.0 Å². The Bertz CT molecular complexity index is 716. The maximum absolute atomic E-state index is 9.85. The quantitative estimate of drug-likeness (QED) is 0.498. The van der Waals surface area contributed by atoms with E-state index < -0.39 is 10.4 Å². The summed E-state index contributed by atoms with van der Waals surface area (Å²) in [6.45, 7) is 1.06. The molecule has 8 heteroatoms. The summed E-state index contributed by atoms with van der Waals surface area (Å²) in [5, 5.41) is 10.8. The number of aromatic hydroxyl groups is 1. The Morgan fingerprint density at radius 1 is 1.32 bits per heavy atom. The van der Waals surface area contributed by atoms with Crippen LogP contribution < -0.4 is 0 Å². The van der Waals surface area contributed by atoms with E-state index in [1.807, 2.05) is 18.3 Å². The van der Waals surface area contributed by atoms with Gasteiger partial charge >= 0.3 is 0 Å². The number of fused-ring (bicyclic) bond motifs is 1. The first kappa shape index (κ1) is 18.4. The molecule has 0 aliphatic rings. The zero-order valence-electron chi connectivity index (χ0n) is 13.2. The fourth-order valence-electron chi connectivity index (χ4n) is 1.89. The van der Waals surface area contributed by atoms with Crippen LogP contribution in [0.25, 0.3) is 10.9 Å². The van der Waals surface area contributed by atoms with E-state index in [0.29, 0.717) is 5.75 Å². The highest BCUT2D eigenvalue weighted by Crippen LogP contribution is 2.27. The molecule has 2 N–H and O–H groups in total. The summed E-state index contributed by atoms with van der Waals surface area (Å²) in [6.07, 6.45) is 2.97. The molecule has 1 aromatic carbocycles. The van der Waals surface area contributed by atoms with Crippen molar-refractivity contribution in [3.8, 4) is 5.75 Å². The molecular weight excluding hydrogens is 308 g/mol. The van der Waals surface area contributed by atoms with Crippen molar-refractivity contribution < 1.29 is 26.7 Å². The molecule has 0 radical (unpaired) electrons. The standard InChI is InChI=1S/C13H18N2O.CH4O4S/c1-15(2,3)8-7-10-9-14-11-5-4-6-12(16)13(10)11;1-5-6(2,3)4/h4-6,9,14H,7-8H2,1-3H3;1H3,(H,2,3,4). The normalized spacial score (nSPS) is 12.0. The second kappa shape index (κ2) is 7.10.